The predicted molar refractivity (Wildman–Crippen MR) is 101 cm³/mol. The molecule has 1 fully saturated rings. The number of fused-ring (bicyclic) bond motifs is 1. The van der Waals surface area contributed by atoms with Gasteiger partial charge in [-0.1, -0.05) is 17.7 Å². The molecule has 0 N–H and O–H groups in total. The molecule has 4 rings (SSSR count). The highest BCUT2D eigenvalue weighted by Gasteiger charge is 2.38. The van der Waals surface area contributed by atoms with E-state index in [0.717, 1.165) is 12.0 Å². The highest BCUT2D eigenvalue weighted by atomic mass is 32.2. The van der Waals surface area contributed by atoms with E-state index in [-0.39, 0.29) is 18.2 Å². The molecule has 0 unspecified atom stereocenters. The summed E-state index contributed by atoms with van der Waals surface area (Å²) < 4.78 is 43.5. The number of carbonyl (C=O) groups is 1. The fraction of sp³-hybridized carbons (Fsp3) is 0.350. The van der Waals surface area contributed by atoms with Crippen LogP contribution in [0.5, 0.6) is 17.2 Å². The van der Waals surface area contributed by atoms with Crippen LogP contribution in [0.2, 0.25) is 0 Å². The molecule has 7 nitrogen and oxygen atoms in total. The molecule has 2 aliphatic rings. The lowest BCUT2D eigenvalue weighted by molar-refractivity contribution is -0.139. The molecule has 2 aliphatic heterocycles. The number of hydrogen-bond acceptors (Lipinski definition) is 6. The van der Waals surface area contributed by atoms with Gasteiger partial charge >= 0.3 is 5.97 Å². The van der Waals surface area contributed by atoms with Crippen LogP contribution in [-0.4, -0.2) is 38.1 Å². The van der Waals surface area contributed by atoms with Gasteiger partial charge in [-0.15, -0.1) is 0 Å². The van der Waals surface area contributed by atoms with E-state index in [1.165, 1.54) is 4.31 Å². The van der Waals surface area contributed by atoms with Crippen molar-refractivity contribution in [1.82, 2.24) is 4.31 Å². The van der Waals surface area contributed by atoms with Gasteiger partial charge in [-0.2, -0.15) is 4.31 Å². The quantitative estimate of drug-likeness (QED) is 0.577. The number of ether oxygens (including phenoxy) is 3. The van der Waals surface area contributed by atoms with Crippen molar-refractivity contribution in [3.05, 3.63) is 48.0 Å². The number of rotatable bonds is 4. The smallest absolute Gasteiger partial charge is 0.329 e. The van der Waals surface area contributed by atoms with Gasteiger partial charge in [0.1, 0.15) is 11.8 Å². The third-order valence-electron chi connectivity index (χ3n) is 4.92. The first-order valence-corrected chi connectivity index (χ1v) is 10.6. The van der Waals surface area contributed by atoms with Crippen molar-refractivity contribution >= 4 is 16.0 Å². The van der Waals surface area contributed by atoms with Gasteiger partial charge < -0.3 is 14.2 Å². The van der Waals surface area contributed by atoms with Gasteiger partial charge in [0, 0.05) is 12.6 Å². The van der Waals surface area contributed by atoms with Crippen molar-refractivity contribution in [1.29, 1.82) is 0 Å². The molecule has 2 aromatic carbocycles. The van der Waals surface area contributed by atoms with Crippen LogP contribution in [-0.2, 0) is 14.8 Å². The van der Waals surface area contributed by atoms with Gasteiger partial charge in [-0.25, -0.2) is 13.2 Å². The number of piperidine rings is 1. The van der Waals surface area contributed by atoms with Crippen LogP contribution >= 0.6 is 0 Å². The first-order valence-electron chi connectivity index (χ1n) is 9.15. The first kappa shape index (κ1) is 18.8. The van der Waals surface area contributed by atoms with Gasteiger partial charge in [-0.3, -0.25) is 0 Å². The van der Waals surface area contributed by atoms with Gasteiger partial charge in [0.15, 0.2) is 11.5 Å². The number of nitrogens with zero attached hydrogens (tertiary/aromatic N) is 1. The number of benzene rings is 2. The summed E-state index contributed by atoms with van der Waals surface area (Å²) in [4.78, 5) is 13.0. The standard InChI is InChI=1S/C20H21NO6S/c1-14-5-8-16(9-6-14)28(23,24)21-11-3-2-4-17(21)20(22)27-15-7-10-18-19(12-15)26-13-25-18/h5-10,12,17H,2-4,11,13H2,1H3/t17-/m0/s1. The van der Waals surface area contributed by atoms with E-state index in [0.29, 0.717) is 30.1 Å². The molecule has 2 heterocycles. The molecule has 1 atom stereocenters. The van der Waals surface area contributed by atoms with Crippen molar-refractivity contribution in [3.8, 4) is 17.2 Å². The van der Waals surface area contributed by atoms with E-state index < -0.39 is 22.0 Å². The van der Waals surface area contributed by atoms with Gasteiger partial charge in [0.2, 0.25) is 16.8 Å². The van der Waals surface area contributed by atoms with Crippen LogP contribution in [0.25, 0.3) is 0 Å². The molecule has 0 radical (unpaired) electrons. The van der Waals surface area contributed by atoms with Crippen molar-refractivity contribution in [2.75, 3.05) is 13.3 Å². The number of aryl methyl sites for hydroxylation is 1. The van der Waals surface area contributed by atoms with Gasteiger partial charge in [-0.05, 0) is 50.5 Å². The number of carbonyl (C=O) groups excluding carboxylic acids is 1. The van der Waals surface area contributed by atoms with Crippen LogP contribution in [0.3, 0.4) is 0 Å². The Hall–Kier alpha value is -2.58. The third kappa shape index (κ3) is 3.57. The molecule has 0 aliphatic carbocycles. The average Bonchev–Trinajstić information content (AvgIpc) is 3.16. The largest absolute Gasteiger partial charge is 0.454 e. The minimum Gasteiger partial charge on any atom is -0.454 e. The maximum Gasteiger partial charge on any atom is 0.329 e. The molecule has 8 heteroatoms. The topological polar surface area (TPSA) is 82.1 Å². The van der Waals surface area contributed by atoms with Crippen LogP contribution in [0, 0.1) is 6.92 Å². The average molecular weight is 403 g/mol. The minimum absolute atomic E-state index is 0.123. The maximum absolute atomic E-state index is 13.1. The molecule has 1 saturated heterocycles. The molecule has 0 bridgehead atoms. The van der Waals surface area contributed by atoms with E-state index in [9.17, 15) is 13.2 Å². The molecule has 0 spiro atoms. The second-order valence-corrected chi connectivity index (χ2v) is 8.77. The fourth-order valence-electron chi connectivity index (χ4n) is 3.40. The molecule has 148 valence electrons. The zero-order valence-corrected chi connectivity index (χ0v) is 16.3. The van der Waals surface area contributed by atoms with E-state index >= 15 is 0 Å². The Kier molecular flexibility index (Phi) is 4.99. The van der Waals surface area contributed by atoms with Gasteiger partial charge in [0.25, 0.3) is 0 Å². The first-order chi connectivity index (χ1) is 13.4. The summed E-state index contributed by atoms with van der Waals surface area (Å²) in [6, 6.07) is 10.6. The molecular weight excluding hydrogens is 382 g/mol. The molecule has 28 heavy (non-hydrogen) atoms. The SMILES string of the molecule is Cc1ccc(S(=O)(=O)N2CCCC[C@H]2C(=O)Oc2ccc3c(c2)OCO3)cc1. The van der Waals surface area contributed by atoms with Crippen LogP contribution in [0.15, 0.2) is 47.4 Å². The van der Waals surface area contributed by atoms with Crippen molar-refractivity contribution in [3.63, 3.8) is 0 Å². The summed E-state index contributed by atoms with van der Waals surface area (Å²) in [5.74, 6) is 0.792. The highest BCUT2D eigenvalue weighted by Crippen LogP contribution is 2.35. The number of esters is 1. The molecule has 0 aromatic heterocycles. The molecule has 0 saturated carbocycles. The van der Waals surface area contributed by atoms with E-state index in [4.69, 9.17) is 14.2 Å². The summed E-state index contributed by atoms with van der Waals surface area (Å²) in [6.07, 6.45) is 1.90. The Balaban J connectivity index is 1.56. The van der Waals surface area contributed by atoms with Crippen LogP contribution in [0.1, 0.15) is 24.8 Å². The summed E-state index contributed by atoms with van der Waals surface area (Å²) >= 11 is 0. The Morgan fingerprint density at radius 3 is 2.61 bits per heavy atom. The van der Waals surface area contributed by atoms with E-state index in [2.05, 4.69) is 0 Å². The summed E-state index contributed by atoms with van der Waals surface area (Å²) in [5, 5.41) is 0. The fourth-order valence-corrected chi connectivity index (χ4v) is 5.05. The molecular formula is C20H21NO6S. The molecule has 2 aromatic rings. The maximum atomic E-state index is 13.1. The van der Waals surface area contributed by atoms with Crippen molar-refractivity contribution in [2.45, 2.75) is 37.1 Å². The minimum atomic E-state index is -3.79. The summed E-state index contributed by atoms with van der Waals surface area (Å²) in [7, 11) is -3.79. The van der Waals surface area contributed by atoms with E-state index in [1.807, 2.05) is 6.92 Å². The summed E-state index contributed by atoms with van der Waals surface area (Å²) in [6.45, 7) is 2.30. The third-order valence-corrected chi connectivity index (χ3v) is 6.84. The summed E-state index contributed by atoms with van der Waals surface area (Å²) in [5.41, 5.74) is 0.969. The second kappa shape index (κ2) is 7.44. The lowest BCUT2D eigenvalue weighted by atomic mass is 10.1. The Labute approximate surface area is 163 Å². The van der Waals surface area contributed by atoms with Gasteiger partial charge in [0.05, 0.1) is 4.90 Å². The highest BCUT2D eigenvalue weighted by molar-refractivity contribution is 7.89. The van der Waals surface area contributed by atoms with Crippen LogP contribution in [0.4, 0.5) is 0 Å². The van der Waals surface area contributed by atoms with Crippen molar-refractivity contribution < 1.29 is 27.4 Å². The Bertz CT molecular complexity index is 986. The second-order valence-electron chi connectivity index (χ2n) is 6.88. The molecule has 0 amide bonds. The zero-order chi connectivity index (χ0) is 19.7. The zero-order valence-electron chi connectivity index (χ0n) is 15.5. The Morgan fingerprint density at radius 2 is 1.82 bits per heavy atom. The predicted octanol–water partition coefficient (Wildman–Crippen LogP) is 2.87. The number of hydrogen-bond donors (Lipinski definition) is 0. The normalized spacial score (nSPS) is 19.4. The van der Waals surface area contributed by atoms with E-state index in [1.54, 1.807) is 42.5 Å². The lowest BCUT2D eigenvalue weighted by Gasteiger charge is -2.33. The number of sulfonamides is 1. The van der Waals surface area contributed by atoms with Crippen molar-refractivity contribution in [2.24, 2.45) is 0 Å². The monoisotopic (exact) mass is 403 g/mol. The Morgan fingerprint density at radius 1 is 1.07 bits per heavy atom. The lowest BCUT2D eigenvalue weighted by Crippen LogP contribution is -2.49. The van der Waals surface area contributed by atoms with Crippen LogP contribution < -0.4 is 14.2 Å².